The third kappa shape index (κ3) is 3.14. The zero-order chi connectivity index (χ0) is 17.2. The van der Waals surface area contributed by atoms with E-state index in [4.69, 9.17) is 11.6 Å². The molecule has 4 aromatic rings. The highest BCUT2D eigenvalue weighted by Crippen LogP contribution is 2.32. The van der Waals surface area contributed by atoms with Crippen molar-refractivity contribution >= 4 is 28.8 Å². The van der Waals surface area contributed by atoms with Crippen molar-refractivity contribution in [2.75, 3.05) is 0 Å². The summed E-state index contributed by atoms with van der Waals surface area (Å²) in [6.07, 6.45) is 1.86. The molecule has 2 aromatic heterocycles. The molecule has 25 heavy (non-hydrogen) atoms. The van der Waals surface area contributed by atoms with Crippen LogP contribution in [0.2, 0.25) is 5.02 Å². The van der Waals surface area contributed by atoms with Crippen molar-refractivity contribution in [3.63, 3.8) is 0 Å². The topological polar surface area (TPSA) is 42.0 Å². The number of halogens is 2. The number of rotatable bonds is 3. The average molecular weight is 351 g/mol. The first-order chi connectivity index (χ1) is 12.2. The van der Waals surface area contributed by atoms with Crippen LogP contribution in [0.4, 0.5) is 15.9 Å². The van der Waals surface area contributed by atoms with Crippen LogP contribution in [0.1, 0.15) is 0 Å². The maximum Gasteiger partial charge on any atom is 0.187 e. The Bertz CT molecular complexity index is 1070. The number of nitrogens with zero attached hydrogens (tertiary/aromatic N) is 4. The summed E-state index contributed by atoms with van der Waals surface area (Å²) in [7, 11) is 0. The summed E-state index contributed by atoms with van der Waals surface area (Å²) >= 11 is 5.97. The Morgan fingerprint density at radius 3 is 2.56 bits per heavy atom. The van der Waals surface area contributed by atoms with E-state index >= 15 is 0 Å². The predicted molar refractivity (Wildman–Crippen MR) is 96.2 cm³/mol. The Morgan fingerprint density at radius 2 is 1.76 bits per heavy atom. The van der Waals surface area contributed by atoms with Crippen LogP contribution in [0.15, 0.2) is 83.2 Å². The summed E-state index contributed by atoms with van der Waals surface area (Å²) in [5, 5.41) is 9.14. The zero-order valence-electron chi connectivity index (χ0n) is 13.0. The van der Waals surface area contributed by atoms with Crippen LogP contribution >= 0.6 is 11.6 Å². The molecule has 0 amide bonds. The Kier molecular flexibility index (Phi) is 3.99. The molecule has 6 heteroatoms. The number of benzene rings is 2. The Morgan fingerprint density at radius 1 is 0.920 bits per heavy atom. The molecule has 0 aliphatic rings. The fraction of sp³-hybridized carbons (Fsp3) is 0. The predicted octanol–water partition coefficient (Wildman–Crippen LogP) is 6.21. The first kappa shape index (κ1) is 15.5. The van der Waals surface area contributed by atoms with Gasteiger partial charge < -0.3 is 0 Å². The van der Waals surface area contributed by atoms with Crippen LogP contribution in [0, 0.1) is 5.82 Å². The van der Waals surface area contributed by atoms with Crippen LogP contribution in [0.3, 0.4) is 0 Å². The molecule has 0 aliphatic carbocycles. The van der Waals surface area contributed by atoms with Gasteiger partial charge in [0.1, 0.15) is 17.2 Å². The molecule has 0 fully saturated rings. The second-order valence-electron chi connectivity index (χ2n) is 5.40. The molecule has 0 saturated carbocycles. The van der Waals surface area contributed by atoms with Crippen molar-refractivity contribution in [3.05, 3.63) is 83.8 Å². The van der Waals surface area contributed by atoms with Crippen molar-refractivity contribution < 1.29 is 4.39 Å². The highest BCUT2D eigenvalue weighted by atomic mass is 35.5. The average Bonchev–Trinajstić information content (AvgIpc) is 2.99. The first-order valence-electron chi connectivity index (χ1n) is 7.61. The van der Waals surface area contributed by atoms with Crippen molar-refractivity contribution in [3.8, 4) is 11.3 Å². The maximum atomic E-state index is 13.3. The fourth-order valence-corrected chi connectivity index (χ4v) is 2.65. The van der Waals surface area contributed by atoms with Crippen LogP contribution in [0.5, 0.6) is 0 Å². The highest BCUT2D eigenvalue weighted by molar-refractivity contribution is 6.30. The van der Waals surface area contributed by atoms with Gasteiger partial charge in [-0.15, -0.1) is 10.2 Å². The van der Waals surface area contributed by atoms with Gasteiger partial charge in [-0.25, -0.2) is 9.37 Å². The number of fused-ring (bicyclic) bond motifs is 1. The SMILES string of the molecule is Fc1cccc(N=Nc2c(-c3ccc(Cl)cc3)nc3ccccn23)c1. The molecule has 0 aliphatic heterocycles. The molecule has 0 bridgehead atoms. The van der Waals surface area contributed by atoms with E-state index in [2.05, 4.69) is 15.2 Å². The normalized spacial score (nSPS) is 11.4. The van der Waals surface area contributed by atoms with E-state index in [1.54, 1.807) is 24.3 Å². The number of hydrogen-bond acceptors (Lipinski definition) is 3. The van der Waals surface area contributed by atoms with Gasteiger partial charge in [-0.3, -0.25) is 4.40 Å². The van der Waals surface area contributed by atoms with Crippen molar-refractivity contribution in [1.29, 1.82) is 0 Å². The number of pyridine rings is 1. The van der Waals surface area contributed by atoms with Crippen molar-refractivity contribution in [1.82, 2.24) is 9.38 Å². The second kappa shape index (κ2) is 6.45. The number of imidazole rings is 1. The Labute approximate surface area is 148 Å². The maximum absolute atomic E-state index is 13.3. The number of azo groups is 1. The molecule has 2 heterocycles. The minimum Gasteiger partial charge on any atom is -0.283 e. The fourth-order valence-electron chi connectivity index (χ4n) is 2.52. The molecule has 4 rings (SSSR count). The van der Waals surface area contributed by atoms with Gasteiger partial charge in [-0.2, -0.15) is 0 Å². The number of hydrogen-bond donors (Lipinski definition) is 0. The highest BCUT2D eigenvalue weighted by Gasteiger charge is 2.13. The summed E-state index contributed by atoms with van der Waals surface area (Å²) in [6.45, 7) is 0. The molecule has 0 spiro atoms. The summed E-state index contributed by atoms with van der Waals surface area (Å²) in [4.78, 5) is 4.63. The van der Waals surface area contributed by atoms with Gasteiger partial charge in [-0.1, -0.05) is 35.9 Å². The molecule has 4 nitrogen and oxygen atoms in total. The zero-order valence-corrected chi connectivity index (χ0v) is 13.7. The molecule has 0 radical (unpaired) electrons. The number of aromatic nitrogens is 2. The second-order valence-corrected chi connectivity index (χ2v) is 5.84. The van der Waals surface area contributed by atoms with E-state index in [1.807, 2.05) is 40.9 Å². The lowest BCUT2D eigenvalue weighted by Gasteiger charge is -2.00. The van der Waals surface area contributed by atoms with Crippen LogP contribution in [-0.2, 0) is 0 Å². The third-order valence-electron chi connectivity index (χ3n) is 3.69. The molecular formula is C19H12ClFN4. The minimum absolute atomic E-state index is 0.354. The van der Waals surface area contributed by atoms with Gasteiger partial charge in [0.05, 0.1) is 5.69 Å². The van der Waals surface area contributed by atoms with Crippen molar-refractivity contribution in [2.24, 2.45) is 10.2 Å². The van der Waals surface area contributed by atoms with Gasteiger partial charge in [0.15, 0.2) is 5.82 Å². The molecule has 122 valence electrons. The summed E-state index contributed by atoms with van der Waals surface area (Å²) in [5.41, 5.74) is 2.75. The Hall–Kier alpha value is -3.05. The van der Waals surface area contributed by atoms with E-state index < -0.39 is 0 Å². The molecular weight excluding hydrogens is 339 g/mol. The monoisotopic (exact) mass is 350 g/mol. The van der Waals surface area contributed by atoms with E-state index in [-0.39, 0.29) is 5.82 Å². The molecule has 0 saturated heterocycles. The van der Waals surface area contributed by atoms with Gasteiger partial charge in [0.2, 0.25) is 0 Å². The molecule has 2 aromatic carbocycles. The van der Waals surface area contributed by atoms with Gasteiger partial charge >= 0.3 is 0 Å². The van der Waals surface area contributed by atoms with E-state index in [1.165, 1.54) is 12.1 Å². The lowest BCUT2D eigenvalue weighted by atomic mass is 10.1. The molecule has 0 unspecified atom stereocenters. The standard InChI is InChI=1S/C19H12ClFN4/c20-14-9-7-13(8-10-14)18-19(25-11-2-1-6-17(25)22-18)24-23-16-5-3-4-15(21)12-16/h1-12H. The van der Waals surface area contributed by atoms with Gasteiger partial charge in [0.25, 0.3) is 0 Å². The summed E-state index contributed by atoms with van der Waals surface area (Å²) in [6, 6.07) is 19.0. The van der Waals surface area contributed by atoms with Crippen LogP contribution in [0.25, 0.3) is 16.9 Å². The van der Waals surface area contributed by atoms with E-state index in [0.717, 1.165) is 11.2 Å². The Balaban J connectivity index is 1.86. The summed E-state index contributed by atoms with van der Waals surface area (Å²) in [5.74, 6) is 0.217. The summed E-state index contributed by atoms with van der Waals surface area (Å²) < 4.78 is 15.2. The first-order valence-corrected chi connectivity index (χ1v) is 7.99. The molecule has 0 N–H and O–H groups in total. The lowest BCUT2D eigenvalue weighted by molar-refractivity contribution is 0.628. The largest absolute Gasteiger partial charge is 0.283 e. The lowest BCUT2D eigenvalue weighted by Crippen LogP contribution is -1.81. The quantitative estimate of drug-likeness (QED) is 0.405. The van der Waals surface area contributed by atoms with Crippen LogP contribution in [-0.4, -0.2) is 9.38 Å². The van der Waals surface area contributed by atoms with Gasteiger partial charge in [0, 0.05) is 22.8 Å². The van der Waals surface area contributed by atoms with Crippen molar-refractivity contribution in [2.45, 2.75) is 0 Å². The smallest absolute Gasteiger partial charge is 0.187 e. The van der Waals surface area contributed by atoms with E-state index in [0.29, 0.717) is 22.2 Å². The van der Waals surface area contributed by atoms with Gasteiger partial charge in [-0.05, 0) is 36.4 Å². The third-order valence-corrected chi connectivity index (χ3v) is 3.94. The van der Waals surface area contributed by atoms with E-state index in [9.17, 15) is 4.39 Å². The van der Waals surface area contributed by atoms with Crippen LogP contribution < -0.4 is 0 Å². The molecule has 0 atom stereocenters. The minimum atomic E-state index is -0.354.